The van der Waals surface area contributed by atoms with Crippen LogP contribution < -0.4 is 4.74 Å². The van der Waals surface area contributed by atoms with Crippen LogP contribution in [0.5, 0.6) is 5.75 Å². The molecule has 19 heavy (non-hydrogen) atoms. The monoisotopic (exact) mass is 257 g/mol. The highest BCUT2D eigenvalue weighted by molar-refractivity contribution is 5.66. The van der Waals surface area contributed by atoms with Gasteiger partial charge in [-0.1, -0.05) is 13.0 Å². The van der Waals surface area contributed by atoms with Crippen LogP contribution in [0.4, 0.5) is 0 Å². The second-order valence-corrected chi connectivity index (χ2v) is 5.61. The van der Waals surface area contributed by atoms with Crippen LogP contribution in [0.1, 0.15) is 37.1 Å². The molecule has 1 aromatic carbocycles. The molecule has 0 saturated carbocycles. The van der Waals surface area contributed by atoms with Gasteiger partial charge in [0.2, 0.25) is 5.89 Å². The van der Waals surface area contributed by atoms with E-state index in [0.717, 1.165) is 29.8 Å². The van der Waals surface area contributed by atoms with Crippen molar-refractivity contribution >= 4 is 0 Å². The molecule has 1 unspecified atom stereocenters. The van der Waals surface area contributed by atoms with Gasteiger partial charge in [0.1, 0.15) is 17.6 Å². The molecule has 3 nitrogen and oxygen atoms in total. The predicted molar refractivity (Wildman–Crippen MR) is 74.4 cm³/mol. The molecule has 2 heterocycles. The second-order valence-electron chi connectivity index (χ2n) is 5.61. The zero-order valence-electron chi connectivity index (χ0n) is 11.9. The minimum absolute atomic E-state index is 0.106. The Balaban J connectivity index is 2.13. The van der Waals surface area contributed by atoms with Gasteiger partial charge >= 0.3 is 0 Å². The molecule has 1 aliphatic rings. The summed E-state index contributed by atoms with van der Waals surface area (Å²) in [6, 6.07) is 4.17. The van der Waals surface area contributed by atoms with Crippen molar-refractivity contribution in [2.75, 3.05) is 0 Å². The summed E-state index contributed by atoms with van der Waals surface area (Å²) >= 11 is 0. The van der Waals surface area contributed by atoms with Crippen LogP contribution >= 0.6 is 0 Å². The fraction of sp³-hybridized carbons (Fsp3) is 0.438. The number of aryl methyl sites for hydroxylation is 2. The first kappa shape index (κ1) is 12.3. The Morgan fingerprint density at radius 1 is 1.32 bits per heavy atom. The highest BCUT2D eigenvalue weighted by atomic mass is 16.5. The average Bonchev–Trinajstić information content (AvgIpc) is 2.95. The highest BCUT2D eigenvalue weighted by Crippen LogP contribution is 2.43. The lowest BCUT2D eigenvalue weighted by atomic mass is 9.93. The molecule has 0 amide bonds. The van der Waals surface area contributed by atoms with Crippen LogP contribution in [-0.4, -0.2) is 10.6 Å². The number of ether oxygens (including phenoxy) is 1. The highest BCUT2D eigenvalue weighted by Gasteiger charge is 2.36. The molecule has 3 heteroatoms. The largest absolute Gasteiger partial charge is 0.487 e. The minimum Gasteiger partial charge on any atom is -0.487 e. The van der Waals surface area contributed by atoms with Crippen molar-refractivity contribution in [3.05, 3.63) is 35.2 Å². The van der Waals surface area contributed by atoms with E-state index >= 15 is 0 Å². The smallest absolute Gasteiger partial charge is 0.226 e. The Bertz CT molecular complexity index is 630. The van der Waals surface area contributed by atoms with Crippen molar-refractivity contribution in [1.82, 2.24) is 4.98 Å². The molecule has 1 aliphatic heterocycles. The summed E-state index contributed by atoms with van der Waals surface area (Å²) in [5.41, 5.74) is 4.27. The Kier molecular flexibility index (Phi) is 2.66. The molecular formula is C16H19NO2. The summed E-state index contributed by atoms with van der Waals surface area (Å²) in [6.45, 7) is 8.35. The number of fused-ring (bicyclic) bond motifs is 1. The lowest BCUT2D eigenvalue weighted by molar-refractivity contribution is 0.111. The minimum atomic E-state index is -0.106. The summed E-state index contributed by atoms with van der Waals surface area (Å²) < 4.78 is 11.7. The number of nitrogens with zero attached hydrogens (tertiary/aromatic N) is 1. The molecule has 0 spiro atoms. The van der Waals surface area contributed by atoms with Crippen molar-refractivity contribution in [1.29, 1.82) is 0 Å². The first-order valence-corrected chi connectivity index (χ1v) is 6.76. The third-order valence-electron chi connectivity index (χ3n) is 3.95. The number of aromatic nitrogens is 1. The van der Waals surface area contributed by atoms with Gasteiger partial charge in [-0.15, -0.1) is 0 Å². The van der Waals surface area contributed by atoms with Crippen LogP contribution in [-0.2, 0) is 6.42 Å². The van der Waals surface area contributed by atoms with E-state index in [2.05, 4.69) is 37.9 Å². The number of rotatable bonds is 2. The molecule has 1 aromatic heterocycles. The normalized spacial score (nSPS) is 21.3. The molecule has 0 saturated heterocycles. The fourth-order valence-corrected chi connectivity index (χ4v) is 2.59. The lowest BCUT2D eigenvalue weighted by Gasteiger charge is -2.21. The molecule has 3 rings (SSSR count). The maximum Gasteiger partial charge on any atom is 0.226 e. The summed E-state index contributed by atoms with van der Waals surface area (Å²) in [4.78, 5) is 4.44. The number of benzene rings is 1. The molecule has 0 aliphatic carbocycles. The Hall–Kier alpha value is -1.77. The van der Waals surface area contributed by atoms with Gasteiger partial charge in [0.15, 0.2) is 0 Å². The summed E-state index contributed by atoms with van der Waals surface area (Å²) in [6.07, 6.45) is 3.60. The van der Waals surface area contributed by atoms with E-state index in [0.29, 0.717) is 5.89 Å². The molecule has 0 fully saturated rings. The lowest BCUT2D eigenvalue weighted by Crippen LogP contribution is -2.28. The van der Waals surface area contributed by atoms with E-state index < -0.39 is 0 Å². The molecule has 2 aromatic rings. The zero-order chi connectivity index (χ0) is 13.6. The summed E-state index contributed by atoms with van der Waals surface area (Å²) in [5, 5.41) is 0. The number of hydrogen-bond acceptors (Lipinski definition) is 3. The van der Waals surface area contributed by atoms with Gasteiger partial charge < -0.3 is 9.15 Å². The molecule has 0 N–H and O–H groups in total. The topological polar surface area (TPSA) is 35.3 Å². The van der Waals surface area contributed by atoms with Crippen molar-refractivity contribution in [2.24, 2.45) is 0 Å². The molecule has 100 valence electrons. The van der Waals surface area contributed by atoms with E-state index in [9.17, 15) is 0 Å². The van der Waals surface area contributed by atoms with E-state index in [4.69, 9.17) is 9.15 Å². The van der Waals surface area contributed by atoms with Gasteiger partial charge in [0.25, 0.3) is 0 Å². The first-order chi connectivity index (χ1) is 9.02. The fourth-order valence-electron chi connectivity index (χ4n) is 2.59. The van der Waals surface area contributed by atoms with Crippen LogP contribution in [0.25, 0.3) is 11.5 Å². The average molecular weight is 257 g/mol. The van der Waals surface area contributed by atoms with Gasteiger partial charge in [-0.2, -0.15) is 0 Å². The van der Waals surface area contributed by atoms with Crippen molar-refractivity contribution in [3.8, 4) is 17.2 Å². The van der Waals surface area contributed by atoms with Gasteiger partial charge in [-0.05, 0) is 38.8 Å². The zero-order valence-corrected chi connectivity index (χ0v) is 11.9. The Morgan fingerprint density at radius 2 is 2.11 bits per heavy atom. The summed E-state index contributed by atoms with van der Waals surface area (Å²) in [5.74, 6) is 1.70. The van der Waals surface area contributed by atoms with E-state index in [1.807, 2.05) is 6.92 Å². The standard InChI is InChI=1S/C16H19NO2/c1-5-16(4)8-13-12(15-17-11(3)9-18-15)7-6-10(2)14(13)19-16/h6-7,9H,5,8H2,1-4H3. The van der Waals surface area contributed by atoms with Crippen molar-refractivity contribution in [3.63, 3.8) is 0 Å². The number of hydrogen-bond donors (Lipinski definition) is 0. The molecule has 1 atom stereocenters. The van der Waals surface area contributed by atoms with Crippen LogP contribution in [0.2, 0.25) is 0 Å². The van der Waals surface area contributed by atoms with E-state index in [1.54, 1.807) is 6.26 Å². The van der Waals surface area contributed by atoms with Gasteiger partial charge in [-0.3, -0.25) is 0 Å². The van der Waals surface area contributed by atoms with Gasteiger partial charge in [0.05, 0.1) is 5.69 Å². The third-order valence-corrected chi connectivity index (χ3v) is 3.95. The Labute approximate surface area is 113 Å². The summed E-state index contributed by atoms with van der Waals surface area (Å²) in [7, 11) is 0. The number of oxazole rings is 1. The van der Waals surface area contributed by atoms with E-state index in [1.165, 1.54) is 11.1 Å². The SMILES string of the molecule is CCC1(C)Cc2c(-c3nc(C)co3)ccc(C)c2O1. The molecular weight excluding hydrogens is 238 g/mol. The second kappa shape index (κ2) is 4.12. The van der Waals surface area contributed by atoms with Crippen LogP contribution in [0, 0.1) is 13.8 Å². The maximum atomic E-state index is 6.17. The Morgan fingerprint density at radius 3 is 2.74 bits per heavy atom. The molecule has 0 bridgehead atoms. The van der Waals surface area contributed by atoms with Gasteiger partial charge in [0, 0.05) is 17.5 Å². The molecule has 0 radical (unpaired) electrons. The first-order valence-electron chi connectivity index (χ1n) is 6.76. The predicted octanol–water partition coefficient (Wildman–Crippen LogP) is 4.06. The van der Waals surface area contributed by atoms with Crippen molar-refractivity contribution < 1.29 is 9.15 Å². The van der Waals surface area contributed by atoms with Crippen LogP contribution in [0.3, 0.4) is 0 Å². The van der Waals surface area contributed by atoms with Crippen LogP contribution in [0.15, 0.2) is 22.8 Å². The third kappa shape index (κ3) is 1.93. The van der Waals surface area contributed by atoms with Crippen molar-refractivity contribution in [2.45, 2.75) is 46.1 Å². The quantitative estimate of drug-likeness (QED) is 0.813. The van der Waals surface area contributed by atoms with Gasteiger partial charge in [-0.25, -0.2) is 4.98 Å². The maximum absolute atomic E-state index is 6.17. The van der Waals surface area contributed by atoms with E-state index in [-0.39, 0.29) is 5.60 Å².